The Labute approximate surface area is 150 Å². The van der Waals surface area contributed by atoms with Crippen molar-refractivity contribution in [1.29, 1.82) is 0 Å². The van der Waals surface area contributed by atoms with Gasteiger partial charge in [0.25, 0.3) is 0 Å². The Balaban J connectivity index is 1.62. The number of carbonyl (C=O) groups is 4. The third-order valence-electron chi connectivity index (χ3n) is 4.27. The molecule has 0 saturated carbocycles. The Morgan fingerprint density at radius 1 is 1.19 bits per heavy atom. The summed E-state index contributed by atoms with van der Waals surface area (Å²) in [6, 6.07) is 6.45. The molecule has 9 nitrogen and oxygen atoms in total. The van der Waals surface area contributed by atoms with Crippen LogP contribution in [-0.4, -0.2) is 77.8 Å². The fourth-order valence-electron chi connectivity index (χ4n) is 2.79. The predicted molar refractivity (Wildman–Crippen MR) is 88.5 cm³/mol. The Morgan fingerprint density at radius 2 is 1.88 bits per heavy atom. The number of imide groups is 2. The average molecular weight is 361 g/mol. The van der Waals surface area contributed by atoms with Gasteiger partial charge in [-0.05, 0) is 19.1 Å². The molecular weight excluding hydrogens is 342 g/mol. The van der Waals surface area contributed by atoms with Crippen molar-refractivity contribution >= 4 is 23.8 Å². The van der Waals surface area contributed by atoms with Crippen LogP contribution in [0, 0.1) is 0 Å². The molecule has 2 heterocycles. The SMILES string of the molecule is CCN(C[C@H]1COc2ccccc2O1)C(=O)CN1C(=O)C(=O)N(C)C1=O. The van der Waals surface area contributed by atoms with E-state index in [1.54, 1.807) is 19.1 Å². The van der Waals surface area contributed by atoms with Crippen LogP contribution in [0.15, 0.2) is 24.3 Å². The van der Waals surface area contributed by atoms with E-state index in [0.29, 0.717) is 27.8 Å². The van der Waals surface area contributed by atoms with Crippen LogP contribution in [0.4, 0.5) is 4.79 Å². The second-order valence-electron chi connectivity index (χ2n) is 5.97. The van der Waals surface area contributed by atoms with Gasteiger partial charge in [0.05, 0.1) is 6.54 Å². The number of hydrogen-bond donors (Lipinski definition) is 0. The molecule has 0 aromatic heterocycles. The Morgan fingerprint density at radius 3 is 2.50 bits per heavy atom. The highest BCUT2D eigenvalue weighted by molar-refractivity contribution is 6.44. The normalized spacial score (nSPS) is 19.2. The first-order valence-electron chi connectivity index (χ1n) is 8.22. The zero-order chi connectivity index (χ0) is 18.8. The number of amides is 5. The molecule has 0 unspecified atom stereocenters. The van der Waals surface area contributed by atoms with Crippen molar-refractivity contribution in [2.45, 2.75) is 13.0 Å². The van der Waals surface area contributed by atoms with Gasteiger partial charge in [0, 0.05) is 13.6 Å². The molecule has 0 radical (unpaired) electrons. The zero-order valence-electron chi connectivity index (χ0n) is 14.5. The molecule has 1 aromatic carbocycles. The van der Waals surface area contributed by atoms with Gasteiger partial charge >= 0.3 is 17.8 Å². The van der Waals surface area contributed by atoms with Gasteiger partial charge in [-0.1, -0.05) is 12.1 Å². The number of urea groups is 1. The zero-order valence-corrected chi connectivity index (χ0v) is 14.5. The van der Waals surface area contributed by atoms with E-state index >= 15 is 0 Å². The molecule has 26 heavy (non-hydrogen) atoms. The highest BCUT2D eigenvalue weighted by Gasteiger charge is 2.43. The van der Waals surface area contributed by atoms with Gasteiger partial charge in [-0.2, -0.15) is 0 Å². The molecule has 0 spiro atoms. The molecule has 1 atom stereocenters. The number of hydrogen-bond acceptors (Lipinski definition) is 6. The lowest BCUT2D eigenvalue weighted by atomic mass is 10.2. The maximum atomic E-state index is 12.5. The summed E-state index contributed by atoms with van der Waals surface area (Å²) in [6.07, 6.45) is -0.372. The number of fused-ring (bicyclic) bond motifs is 1. The van der Waals surface area contributed by atoms with Crippen molar-refractivity contribution in [3.63, 3.8) is 0 Å². The molecule has 0 aliphatic carbocycles. The monoisotopic (exact) mass is 361 g/mol. The van der Waals surface area contributed by atoms with Gasteiger partial charge in [0.2, 0.25) is 5.91 Å². The minimum Gasteiger partial charge on any atom is -0.486 e. The van der Waals surface area contributed by atoms with Crippen LogP contribution in [0.3, 0.4) is 0 Å². The van der Waals surface area contributed by atoms with Crippen LogP contribution in [0.1, 0.15) is 6.92 Å². The van der Waals surface area contributed by atoms with Gasteiger partial charge in [-0.15, -0.1) is 0 Å². The summed E-state index contributed by atoms with van der Waals surface area (Å²) < 4.78 is 11.5. The van der Waals surface area contributed by atoms with E-state index in [1.165, 1.54) is 11.9 Å². The highest BCUT2D eigenvalue weighted by atomic mass is 16.6. The lowest BCUT2D eigenvalue weighted by molar-refractivity contribution is -0.144. The standard InChI is InChI=1S/C17H19N3O6/c1-3-19(8-11-10-25-12-6-4-5-7-13(12)26-11)14(21)9-20-16(23)15(22)18(2)17(20)24/h4-7,11H,3,8-10H2,1-2H3/t11-/m0/s1. The second-order valence-corrected chi connectivity index (χ2v) is 5.97. The highest BCUT2D eigenvalue weighted by Crippen LogP contribution is 2.31. The fraction of sp³-hybridized carbons (Fsp3) is 0.412. The first-order valence-corrected chi connectivity index (χ1v) is 8.22. The van der Waals surface area contributed by atoms with Gasteiger partial charge in [0.1, 0.15) is 13.2 Å². The number of rotatable bonds is 5. The smallest absolute Gasteiger partial charge is 0.334 e. The Bertz CT molecular complexity index is 765. The van der Waals surface area contributed by atoms with Crippen molar-refractivity contribution < 1.29 is 28.7 Å². The third kappa shape index (κ3) is 3.19. The van der Waals surface area contributed by atoms with E-state index in [0.717, 1.165) is 0 Å². The third-order valence-corrected chi connectivity index (χ3v) is 4.27. The number of carbonyl (C=O) groups excluding carboxylic acids is 4. The molecule has 138 valence electrons. The first-order chi connectivity index (χ1) is 12.4. The number of para-hydroxylation sites is 2. The maximum absolute atomic E-state index is 12.5. The minimum atomic E-state index is -0.993. The molecule has 1 saturated heterocycles. The summed E-state index contributed by atoms with van der Waals surface area (Å²) in [6.45, 7) is 2.18. The topological polar surface area (TPSA) is 96.5 Å². The molecule has 9 heteroatoms. The van der Waals surface area contributed by atoms with Crippen LogP contribution in [0.5, 0.6) is 11.5 Å². The van der Waals surface area contributed by atoms with E-state index in [4.69, 9.17) is 9.47 Å². The van der Waals surface area contributed by atoms with Gasteiger partial charge in [-0.25, -0.2) is 9.69 Å². The summed E-state index contributed by atoms with van der Waals surface area (Å²) >= 11 is 0. The lowest BCUT2D eigenvalue weighted by Gasteiger charge is -2.31. The van der Waals surface area contributed by atoms with Crippen LogP contribution in [0.25, 0.3) is 0 Å². The Kier molecular flexibility index (Phi) is 4.79. The quantitative estimate of drug-likeness (QED) is 0.545. The summed E-state index contributed by atoms with van der Waals surface area (Å²) in [5.41, 5.74) is 0. The van der Waals surface area contributed by atoms with Gasteiger partial charge in [0.15, 0.2) is 17.6 Å². The van der Waals surface area contributed by atoms with E-state index in [-0.39, 0.29) is 19.3 Å². The van der Waals surface area contributed by atoms with Crippen LogP contribution < -0.4 is 9.47 Å². The average Bonchev–Trinajstić information content (AvgIpc) is 2.83. The maximum Gasteiger partial charge on any atom is 0.334 e. The van der Waals surface area contributed by atoms with Crippen molar-refractivity contribution in [3.05, 3.63) is 24.3 Å². The van der Waals surface area contributed by atoms with Gasteiger partial charge < -0.3 is 14.4 Å². The lowest BCUT2D eigenvalue weighted by Crippen LogP contribution is -2.48. The van der Waals surface area contributed by atoms with E-state index in [9.17, 15) is 19.2 Å². The largest absolute Gasteiger partial charge is 0.486 e. The van der Waals surface area contributed by atoms with E-state index in [2.05, 4.69) is 0 Å². The van der Waals surface area contributed by atoms with E-state index in [1.807, 2.05) is 12.1 Å². The summed E-state index contributed by atoms with van der Waals surface area (Å²) in [5.74, 6) is -1.13. The molecular formula is C17H19N3O6. The van der Waals surface area contributed by atoms with Crippen molar-refractivity contribution in [2.24, 2.45) is 0 Å². The molecule has 0 bridgehead atoms. The fourth-order valence-corrected chi connectivity index (χ4v) is 2.79. The molecule has 1 fully saturated rings. The Hall–Kier alpha value is -3.10. The molecule has 5 amide bonds. The first kappa shape index (κ1) is 17.7. The van der Waals surface area contributed by atoms with Crippen LogP contribution in [0.2, 0.25) is 0 Å². The van der Waals surface area contributed by atoms with Crippen LogP contribution >= 0.6 is 0 Å². The number of nitrogens with zero attached hydrogens (tertiary/aromatic N) is 3. The second kappa shape index (κ2) is 7.03. The predicted octanol–water partition coefficient (Wildman–Crippen LogP) is 0.0955. The van der Waals surface area contributed by atoms with E-state index < -0.39 is 30.3 Å². The van der Waals surface area contributed by atoms with Crippen molar-refractivity contribution in [2.75, 3.05) is 33.3 Å². The number of ether oxygens (including phenoxy) is 2. The van der Waals surface area contributed by atoms with Crippen LogP contribution in [-0.2, 0) is 14.4 Å². The van der Waals surface area contributed by atoms with Crippen molar-refractivity contribution in [1.82, 2.24) is 14.7 Å². The molecule has 3 rings (SSSR count). The minimum absolute atomic E-state index is 0.240. The van der Waals surface area contributed by atoms with Gasteiger partial charge in [-0.3, -0.25) is 19.3 Å². The molecule has 2 aliphatic rings. The number of likely N-dealkylation sites (N-methyl/N-ethyl adjacent to an activating group) is 2. The molecule has 0 N–H and O–H groups in total. The van der Waals surface area contributed by atoms with Crippen molar-refractivity contribution in [3.8, 4) is 11.5 Å². The molecule has 1 aromatic rings. The molecule has 2 aliphatic heterocycles. The summed E-state index contributed by atoms with van der Waals surface area (Å²) in [7, 11) is 1.20. The summed E-state index contributed by atoms with van der Waals surface area (Å²) in [4.78, 5) is 50.5. The number of benzene rings is 1. The summed E-state index contributed by atoms with van der Waals surface area (Å²) in [5, 5.41) is 0.